The summed E-state index contributed by atoms with van der Waals surface area (Å²) < 4.78 is 32.4. The first-order valence-electron chi connectivity index (χ1n) is 16.7. The summed E-state index contributed by atoms with van der Waals surface area (Å²) in [5.41, 5.74) is -0.426. The Labute approximate surface area is 261 Å². The highest BCUT2D eigenvalue weighted by Crippen LogP contribution is 2.64. The van der Waals surface area contributed by atoms with Gasteiger partial charge in [0.2, 0.25) is 0 Å². The Morgan fingerprint density at radius 2 is 1.98 bits per heavy atom. The van der Waals surface area contributed by atoms with Crippen molar-refractivity contribution in [2.75, 3.05) is 19.7 Å². The molecule has 44 heavy (non-hydrogen) atoms. The molecule has 10 heteroatoms. The fourth-order valence-corrected chi connectivity index (χ4v) is 9.96. The van der Waals surface area contributed by atoms with Gasteiger partial charge in [0.25, 0.3) is 0 Å². The van der Waals surface area contributed by atoms with Gasteiger partial charge in [0.05, 0.1) is 12.7 Å². The predicted octanol–water partition coefficient (Wildman–Crippen LogP) is 4.16. The van der Waals surface area contributed by atoms with E-state index in [9.17, 15) is 19.7 Å². The number of piperidine rings is 1. The van der Waals surface area contributed by atoms with Crippen LogP contribution in [0.15, 0.2) is 12.1 Å². The number of aliphatic hydroxyl groups excluding tert-OH is 1. The Balaban J connectivity index is 1.31. The fraction of sp³-hybridized carbons (Fsp3) is 0.765. The van der Waals surface area contributed by atoms with Crippen molar-refractivity contribution in [2.24, 2.45) is 28.1 Å². The molecule has 3 heterocycles. The van der Waals surface area contributed by atoms with E-state index < -0.39 is 43.1 Å². The molecule has 0 amide bonds. The van der Waals surface area contributed by atoms with Gasteiger partial charge < -0.3 is 29.1 Å². The second-order valence-electron chi connectivity index (χ2n) is 15.0. The first-order valence-corrected chi connectivity index (χ1v) is 16.7. The molecule has 2 N–H and O–H groups in total. The van der Waals surface area contributed by atoms with Crippen LogP contribution in [0, 0.1) is 33.9 Å². The van der Waals surface area contributed by atoms with Gasteiger partial charge in [-0.25, -0.2) is 9.18 Å². The maximum absolute atomic E-state index is 15.1. The minimum absolute atomic E-state index is 0.0117. The van der Waals surface area contributed by atoms with Gasteiger partial charge in [-0.05, 0) is 100 Å². The summed E-state index contributed by atoms with van der Waals surface area (Å²) in [6, 6.07) is 3.32. The Bertz CT molecular complexity index is 1280. The molecule has 5 aliphatic rings. The summed E-state index contributed by atoms with van der Waals surface area (Å²) in [6.07, 6.45) is 7.55. The molecule has 8 atom stereocenters. The minimum Gasteiger partial charge on any atom is -0.479 e. The average Bonchev–Trinajstić information content (AvgIpc) is 3.57. The van der Waals surface area contributed by atoms with Crippen molar-refractivity contribution in [1.82, 2.24) is 4.90 Å². The Kier molecular flexibility index (Phi) is 8.70. The fourth-order valence-electron chi connectivity index (χ4n) is 9.96. The molecule has 1 aromatic carbocycles. The lowest BCUT2D eigenvalue weighted by Gasteiger charge is -2.61. The average molecular weight is 614 g/mol. The zero-order valence-corrected chi connectivity index (χ0v) is 26.8. The van der Waals surface area contributed by atoms with Crippen molar-refractivity contribution in [3.8, 4) is 5.75 Å². The molecule has 8 nitrogen and oxygen atoms in total. The molecule has 2 aliphatic carbocycles. The molecular formula is C34H49BFNO7. The predicted molar refractivity (Wildman–Crippen MR) is 164 cm³/mol. The summed E-state index contributed by atoms with van der Waals surface area (Å²) in [4.78, 5) is 28.4. The van der Waals surface area contributed by atoms with Crippen molar-refractivity contribution in [1.29, 1.82) is 0 Å². The van der Waals surface area contributed by atoms with Crippen molar-refractivity contribution in [2.45, 2.75) is 117 Å². The van der Waals surface area contributed by atoms with Crippen LogP contribution in [0.4, 0.5) is 4.39 Å². The highest BCUT2D eigenvalue weighted by Gasteiger charge is 2.63. The summed E-state index contributed by atoms with van der Waals surface area (Å²) in [7, 11) is -1.36. The normalized spacial score (nSPS) is 38.5. The third kappa shape index (κ3) is 5.31. The Hall–Kier alpha value is -2.01. The number of hydrogen-bond acceptors (Lipinski definition) is 8. The first kappa shape index (κ1) is 32.0. The van der Waals surface area contributed by atoms with Gasteiger partial charge in [-0.3, -0.25) is 4.90 Å². The van der Waals surface area contributed by atoms with Gasteiger partial charge in [-0.1, -0.05) is 33.3 Å². The van der Waals surface area contributed by atoms with Gasteiger partial charge in [0.15, 0.2) is 18.2 Å². The number of nitrogens with zero attached hydrogens (tertiary/aromatic N) is 1. The molecule has 6 rings (SSSR count). The van der Waals surface area contributed by atoms with Crippen LogP contribution in [0.3, 0.4) is 0 Å². The molecule has 1 unspecified atom stereocenters. The monoisotopic (exact) mass is 613 g/mol. The van der Waals surface area contributed by atoms with Crippen LogP contribution in [0.1, 0.15) is 97.5 Å². The number of carbonyl (C=O) groups excluding carboxylic acids is 2. The lowest BCUT2D eigenvalue weighted by atomic mass is 9.46. The van der Waals surface area contributed by atoms with E-state index in [1.807, 2.05) is 0 Å². The van der Waals surface area contributed by atoms with Crippen LogP contribution in [0.2, 0.25) is 0 Å². The standard InChI is InChI=1S/C34H49BFNO7/c1-21-10-12-33(13-11-22(2)38)20-32(21,4)27(17-34(31(40)23(33)3)14-16-37-15-6-5-7-26(34)37)44-28(39)19-42-25-9-8-24-18-43-35(41)29(24)30(25)36/h8-9,21,23,26-27,31,40-41H,5-7,10-20H2,1-4H3/t21-,23+,26?,27-,31+,32+,33-,34-/m1/s1. The van der Waals surface area contributed by atoms with Crippen molar-refractivity contribution in [3.63, 3.8) is 0 Å². The van der Waals surface area contributed by atoms with E-state index in [1.54, 1.807) is 13.0 Å². The number of rotatable bonds is 7. The van der Waals surface area contributed by atoms with E-state index in [1.165, 1.54) is 6.07 Å². The van der Waals surface area contributed by atoms with Gasteiger partial charge >= 0.3 is 13.1 Å². The van der Waals surface area contributed by atoms with E-state index in [2.05, 4.69) is 25.7 Å². The number of aliphatic hydroxyl groups is 1. The summed E-state index contributed by atoms with van der Waals surface area (Å²) in [6.45, 7) is 9.95. The molecule has 1 spiro atoms. The zero-order chi connectivity index (χ0) is 31.4. The highest BCUT2D eigenvalue weighted by atomic mass is 19.1. The maximum Gasteiger partial charge on any atom is 0.494 e. The van der Waals surface area contributed by atoms with Crippen LogP contribution >= 0.6 is 0 Å². The molecule has 0 aromatic heterocycles. The molecule has 3 aliphatic heterocycles. The topological polar surface area (TPSA) is 106 Å². The Morgan fingerprint density at radius 1 is 1.18 bits per heavy atom. The van der Waals surface area contributed by atoms with Crippen LogP contribution < -0.4 is 10.2 Å². The molecular weight excluding hydrogens is 564 g/mol. The van der Waals surface area contributed by atoms with Gasteiger partial charge in [0, 0.05) is 28.8 Å². The van der Waals surface area contributed by atoms with E-state index >= 15 is 4.39 Å². The van der Waals surface area contributed by atoms with Gasteiger partial charge in [0.1, 0.15) is 11.9 Å². The lowest BCUT2D eigenvalue weighted by Crippen LogP contribution is -2.62. The third-order valence-electron chi connectivity index (χ3n) is 12.9. The summed E-state index contributed by atoms with van der Waals surface area (Å²) in [5.74, 6) is -0.984. The summed E-state index contributed by atoms with van der Waals surface area (Å²) in [5, 5.41) is 22.5. The van der Waals surface area contributed by atoms with E-state index in [4.69, 9.17) is 14.1 Å². The molecule has 2 saturated carbocycles. The third-order valence-corrected chi connectivity index (χ3v) is 12.9. The van der Waals surface area contributed by atoms with Gasteiger partial charge in [-0.15, -0.1) is 0 Å². The number of carbonyl (C=O) groups is 2. The maximum atomic E-state index is 15.1. The summed E-state index contributed by atoms with van der Waals surface area (Å²) >= 11 is 0. The van der Waals surface area contributed by atoms with Gasteiger partial charge in [-0.2, -0.15) is 0 Å². The number of Topliss-reactive ketones (excluding diaryl/α,β-unsaturated/α-hetero) is 1. The highest BCUT2D eigenvalue weighted by molar-refractivity contribution is 6.61. The second-order valence-corrected chi connectivity index (χ2v) is 15.0. The molecule has 242 valence electrons. The van der Waals surface area contributed by atoms with E-state index in [-0.39, 0.29) is 52.3 Å². The van der Waals surface area contributed by atoms with Crippen LogP contribution in [0.25, 0.3) is 0 Å². The van der Waals surface area contributed by atoms with E-state index in [0.29, 0.717) is 18.4 Å². The Morgan fingerprint density at radius 3 is 2.75 bits per heavy atom. The van der Waals surface area contributed by atoms with Crippen LogP contribution in [0.5, 0.6) is 5.75 Å². The second kappa shape index (κ2) is 12.0. The van der Waals surface area contributed by atoms with Crippen molar-refractivity contribution < 1.29 is 38.2 Å². The molecule has 0 radical (unpaired) electrons. The molecule has 1 aromatic rings. The lowest BCUT2D eigenvalue weighted by molar-refractivity contribution is -0.202. The SMILES string of the molecule is CC(=O)CC[C@]12CC[C@@H](C)[C@](C)(C1)[C@H](OC(=O)COc1ccc3c(c1F)B(O)OC3)C[C@@]1(CCN3CCCCC31)[C@@H](O)[C@@H]2C. The smallest absolute Gasteiger partial charge is 0.479 e. The number of halogens is 1. The van der Waals surface area contributed by atoms with E-state index in [0.717, 1.165) is 64.5 Å². The molecule has 2 saturated heterocycles. The quantitative estimate of drug-likeness (QED) is 0.349. The number of esters is 1. The van der Waals surface area contributed by atoms with Crippen LogP contribution in [-0.4, -0.2) is 71.8 Å². The molecule has 2 bridgehead atoms. The number of benzene rings is 1. The minimum atomic E-state index is -1.36. The number of ether oxygens (including phenoxy) is 2. The number of hydrogen-bond donors (Lipinski definition) is 2. The molecule has 4 fully saturated rings. The largest absolute Gasteiger partial charge is 0.494 e. The van der Waals surface area contributed by atoms with Crippen LogP contribution in [-0.2, 0) is 25.6 Å². The first-order chi connectivity index (χ1) is 20.9. The number of ketones is 1. The van der Waals surface area contributed by atoms with Crippen molar-refractivity contribution >= 4 is 24.3 Å². The zero-order valence-electron chi connectivity index (χ0n) is 26.8. The number of fused-ring (bicyclic) bond motifs is 5. The van der Waals surface area contributed by atoms with Crippen molar-refractivity contribution in [3.05, 3.63) is 23.5 Å².